The number of carbonyl (C=O) groups excluding carboxylic acids is 2. The average molecular weight is 539 g/mol. The summed E-state index contributed by atoms with van der Waals surface area (Å²) >= 11 is 3.52. The summed E-state index contributed by atoms with van der Waals surface area (Å²) in [6.07, 6.45) is 4.48. The van der Waals surface area contributed by atoms with Crippen LogP contribution in [-0.2, 0) is 13.6 Å². The third-order valence-corrected chi connectivity index (χ3v) is 7.37. The molecule has 1 fully saturated rings. The van der Waals surface area contributed by atoms with Gasteiger partial charge in [0.1, 0.15) is 18.4 Å². The van der Waals surface area contributed by atoms with Gasteiger partial charge in [0.2, 0.25) is 0 Å². The number of rotatable bonds is 5. The van der Waals surface area contributed by atoms with Gasteiger partial charge in [-0.1, -0.05) is 22.0 Å². The second-order valence-electron chi connectivity index (χ2n) is 9.09. The molecule has 36 heavy (non-hydrogen) atoms. The number of fused-ring (bicyclic) bond motifs is 1. The van der Waals surface area contributed by atoms with Crippen molar-refractivity contribution in [2.45, 2.75) is 25.3 Å². The first-order valence-electron chi connectivity index (χ1n) is 11.5. The Bertz CT molecular complexity index is 1620. The van der Waals surface area contributed by atoms with Gasteiger partial charge in [-0.25, -0.2) is 4.98 Å². The summed E-state index contributed by atoms with van der Waals surface area (Å²) in [6, 6.07) is 15.0. The zero-order chi connectivity index (χ0) is 25.0. The Kier molecular flexibility index (Phi) is 5.27. The third kappa shape index (κ3) is 3.71. The SMILES string of the molecule is Cn1cnnc1-c1cc(C#N)ccc1-c1cc(C2CC2)nc(N2Cc3c(Br)cc(C=O)cc3C2=O)c1. The predicted octanol–water partition coefficient (Wildman–Crippen LogP) is 5.03. The highest BCUT2D eigenvalue weighted by atomic mass is 79.9. The van der Waals surface area contributed by atoms with Crippen LogP contribution in [0.25, 0.3) is 22.5 Å². The molecule has 8 nitrogen and oxygen atoms in total. The summed E-state index contributed by atoms with van der Waals surface area (Å²) in [6.45, 7) is 0.359. The van der Waals surface area contributed by atoms with E-state index >= 15 is 0 Å². The summed E-state index contributed by atoms with van der Waals surface area (Å²) < 4.78 is 2.54. The second-order valence-corrected chi connectivity index (χ2v) is 9.94. The van der Waals surface area contributed by atoms with E-state index in [1.165, 1.54) is 0 Å². The van der Waals surface area contributed by atoms with Crippen molar-refractivity contribution in [3.05, 3.63) is 81.2 Å². The molecule has 9 heteroatoms. The smallest absolute Gasteiger partial charge is 0.260 e. The number of aromatic nitrogens is 4. The summed E-state index contributed by atoms with van der Waals surface area (Å²) in [5.41, 5.74) is 5.80. The van der Waals surface area contributed by atoms with Crippen molar-refractivity contribution >= 4 is 33.9 Å². The Morgan fingerprint density at radius 3 is 2.64 bits per heavy atom. The summed E-state index contributed by atoms with van der Waals surface area (Å²) in [5.74, 6) is 1.37. The summed E-state index contributed by atoms with van der Waals surface area (Å²) in [5, 5.41) is 17.8. The van der Waals surface area contributed by atoms with Gasteiger partial charge in [-0.2, -0.15) is 5.26 Å². The van der Waals surface area contributed by atoms with Gasteiger partial charge in [-0.15, -0.1) is 10.2 Å². The van der Waals surface area contributed by atoms with Crippen LogP contribution in [0.5, 0.6) is 0 Å². The lowest BCUT2D eigenvalue weighted by Gasteiger charge is -2.18. The molecule has 0 bridgehead atoms. The first kappa shape index (κ1) is 22.3. The predicted molar refractivity (Wildman–Crippen MR) is 136 cm³/mol. The van der Waals surface area contributed by atoms with Crippen molar-refractivity contribution in [3.8, 4) is 28.6 Å². The number of pyridine rings is 1. The van der Waals surface area contributed by atoms with Crippen LogP contribution >= 0.6 is 15.9 Å². The molecule has 2 aromatic carbocycles. The number of carbonyl (C=O) groups is 2. The van der Waals surface area contributed by atoms with E-state index in [-0.39, 0.29) is 5.91 Å². The zero-order valence-electron chi connectivity index (χ0n) is 19.3. The fraction of sp³-hybridized carbons (Fsp3) is 0.185. The molecule has 0 N–H and O–H groups in total. The summed E-state index contributed by atoms with van der Waals surface area (Å²) in [4.78, 5) is 31.3. The molecule has 3 heterocycles. The van der Waals surface area contributed by atoms with Gasteiger partial charge in [0, 0.05) is 39.8 Å². The van der Waals surface area contributed by atoms with E-state index in [4.69, 9.17) is 4.98 Å². The number of aryl methyl sites for hydroxylation is 1. The largest absolute Gasteiger partial charge is 0.317 e. The topological polar surface area (TPSA) is 105 Å². The van der Waals surface area contributed by atoms with E-state index < -0.39 is 0 Å². The molecule has 1 amide bonds. The van der Waals surface area contributed by atoms with E-state index in [0.717, 1.165) is 51.5 Å². The Hall–Kier alpha value is -4.16. The lowest BCUT2D eigenvalue weighted by Crippen LogP contribution is -2.24. The van der Waals surface area contributed by atoms with Gasteiger partial charge in [0.25, 0.3) is 5.91 Å². The van der Waals surface area contributed by atoms with E-state index in [9.17, 15) is 14.9 Å². The van der Waals surface area contributed by atoms with Crippen molar-refractivity contribution in [2.75, 3.05) is 4.90 Å². The van der Waals surface area contributed by atoms with Crippen LogP contribution in [-0.4, -0.2) is 31.9 Å². The number of hydrogen-bond acceptors (Lipinski definition) is 6. The monoisotopic (exact) mass is 538 g/mol. The van der Waals surface area contributed by atoms with Gasteiger partial charge >= 0.3 is 0 Å². The molecule has 1 saturated carbocycles. The minimum absolute atomic E-state index is 0.186. The molecule has 0 radical (unpaired) electrons. The van der Waals surface area contributed by atoms with Crippen LogP contribution in [0.1, 0.15) is 56.3 Å². The Morgan fingerprint density at radius 2 is 1.94 bits per heavy atom. The number of hydrogen-bond donors (Lipinski definition) is 0. The van der Waals surface area contributed by atoms with Gasteiger partial charge in [0.15, 0.2) is 5.82 Å². The molecule has 176 valence electrons. The lowest BCUT2D eigenvalue weighted by molar-refractivity contribution is 0.0996. The van der Waals surface area contributed by atoms with Crippen LogP contribution in [0, 0.1) is 11.3 Å². The normalized spacial score (nSPS) is 14.6. The quantitative estimate of drug-likeness (QED) is 0.330. The van der Waals surface area contributed by atoms with Gasteiger partial charge < -0.3 is 4.57 Å². The maximum atomic E-state index is 13.4. The highest BCUT2D eigenvalue weighted by Gasteiger charge is 2.33. The molecule has 0 atom stereocenters. The standard InChI is InChI=1S/C27H19BrN6O2/c1-33-14-30-32-26(33)20-6-15(11-29)2-5-19(20)18-9-24(17-3-4-17)31-25(10-18)34-12-22-21(27(34)36)7-16(13-35)8-23(22)28/h2,5-10,13-14,17H,3-4,12H2,1H3. The first-order valence-corrected chi connectivity index (χ1v) is 12.3. The van der Waals surface area contributed by atoms with Crippen LogP contribution < -0.4 is 4.90 Å². The van der Waals surface area contributed by atoms with Gasteiger partial charge in [-0.3, -0.25) is 14.5 Å². The van der Waals surface area contributed by atoms with Gasteiger partial charge in [0.05, 0.1) is 18.2 Å². The third-order valence-electron chi connectivity index (χ3n) is 6.66. The van der Waals surface area contributed by atoms with Crippen molar-refractivity contribution < 1.29 is 9.59 Å². The molecule has 6 rings (SSSR count). The molecule has 0 unspecified atom stereocenters. The van der Waals surface area contributed by atoms with E-state index in [0.29, 0.717) is 40.8 Å². The van der Waals surface area contributed by atoms with Crippen LogP contribution in [0.2, 0.25) is 0 Å². The maximum absolute atomic E-state index is 13.4. The number of nitrogens with zero attached hydrogens (tertiary/aromatic N) is 6. The minimum Gasteiger partial charge on any atom is -0.317 e. The average Bonchev–Trinajstić information content (AvgIpc) is 3.58. The molecular weight excluding hydrogens is 520 g/mol. The molecule has 0 saturated heterocycles. The molecule has 1 aliphatic carbocycles. The van der Waals surface area contributed by atoms with Crippen molar-refractivity contribution in [1.82, 2.24) is 19.7 Å². The molecule has 4 aromatic rings. The fourth-order valence-electron chi connectivity index (χ4n) is 4.63. The molecule has 2 aliphatic rings. The van der Waals surface area contributed by atoms with Crippen LogP contribution in [0.3, 0.4) is 0 Å². The van der Waals surface area contributed by atoms with Crippen molar-refractivity contribution in [3.63, 3.8) is 0 Å². The highest BCUT2D eigenvalue weighted by Crippen LogP contribution is 2.43. The Labute approximate surface area is 215 Å². The number of aldehydes is 1. The molecule has 1 aliphatic heterocycles. The Balaban J connectivity index is 1.50. The van der Waals surface area contributed by atoms with E-state index in [1.807, 2.05) is 29.8 Å². The van der Waals surface area contributed by atoms with E-state index in [1.54, 1.807) is 29.4 Å². The first-order chi connectivity index (χ1) is 17.5. The number of anilines is 1. The minimum atomic E-state index is -0.186. The second kappa shape index (κ2) is 8.50. The number of halogens is 1. The Morgan fingerprint density at radius 1 is 1.11 bits per heavy atom. The number of nitriles is 1. The number of amides is 1. The molecule has 0 spiro atoms. The van der Waals surface area contributed by atoms with E-state index in [2.05, 4.69) is 38.3 Å². The summed E-state index contributed by atoms with van der Waals surface area (Å²) in [7, 11) is 1.86. The molecular formula is C27H19BrN6O2. The van der Waals surface area contributed by atoms with Crippen molar-refractivity contribution in [2.24, 2.45) is 7.05 Å². The van der Waals surface area contributed by atoms with Crippen LogP contribution in [0.4, 0.5) is 5.82 Å². The lowest BCUT2D eigenvalue weighted by atomic mass is 9.96. The zero-order valence-corrected chi connectivity index (χ0v) is 20.9. The van der Waals surface area contributed by atoms with Gasteiger partial charge in [-0.05, 0) is 65.9 Å². The maximum Gasteiger partial charge on any atom is 0.260 e. The highest BCUT2D eigenvalue weighted by molar-refractivity contribution is 9.10. The number of benzene rings is 2. The fourth-order valence-corrected chi connectivity index (χ4v) is 5.24. The molecule has 2 aromatic heterocycles. The van der Waals surface area contributed by atoms with Crippen LogP contribution in [0.15, 0.2) is 53.3 Å². The van der Waals surface area contributed by atoms with Crippen molar-refractivity contribution in [1.29, 1.82) is 5.26 Å².